The first-order valence-electron chi connectivity index (χ1n) is 3.36. The van der Waals surface area contributed by atoms with Crippen LogP contribution in [0.1, 0.15) is 0 Å². The Morgan fingerprint density at radius 1 is 1.77 bits per heavy atom. The van der Waals surface area contributed by atoms with E-state index < -0.39 is 5.56 Å². The van der Waals surface area contributed by atoms with Crippen LogP contribution in [0.2, 0.25) is 5.15 Å². The number of aromatic nitrogens is 2. The van der Waals surface area contributed by atoms with E-state index in [2.05, 4.69) is 11.6 Å². The third-order valence-electron chi connectivity index (χ3n) is 1.37. The van der Waals surface area contributed by atoms with E-state index in [4.69, 9.17) is 28.9 Å². The standard InChI is InChI=1S/C7H7Cl2N3O/c1-4(8)2-12-3-11-6(9)5(10)7(12)13/h3H,1-2,10H2. The van der Waals surface area contributed by atoms with Gasteiger partial charge in [-0.15, -0.1) is 0 Å². The summed E-state index contributed by atoms with van der Waals surface area (Å²) in [5.74, 6) is 0. The molecule has 1 rings (SSSR count). The second kappa shape index (κ2) is 3.81. The van der Waals surface area contributed by atoms with Crippen molar-refractivity contribution in [2.45, 2.75) is 6.54 Å². The topological polar surface area (TPSA) is 60.9 Å². The van der Waals surface area contributed by atoms with Crippen LogP contribution in [0.5, 0.6) is 0 Å². The number of halogens is 2. The minimum atomic E-state index is -0.415. The van der Waals surface area contributed by atoms with Crippen LogP contribution in [0, 0.1) is 0 Å². The SMILES string of the molecule is C=C(Cl)Cn1cnc(Cl)c(N)c1=O. The number of nitrogens with two attached hydrogens (primary N) is 1. The Balaban J connectivity index is 3.19. The number of nitrogens with zero attached hydrogens (tertiary/aromatic N) is 2. The average Bonchev–Trinajstić information content (AvgIpc) is 2.06. The molecule has 0 unspecified atom stereocenters. The maximum atomic E-state index is 11.3. The highest BCUT2D eigenvalue weighted by Gasteiger charge is 2.05. The fourth-order valence-electron chi connectivity index (χ4n) is 0.783. The zero-order chi connectivity index (χ0) is 10.0. The van der Waals surface area contributed by atoms with Crippen molar-refractivity contribution in [3.63, 3.8) is 0 Å². The van der Waals surface area contributed by atoms with Gasteiger partial charge in [-0.2, -0.15) is 0 Å². The van der Waals surface area contributed by atoms with Crippen molar-refractivity contribution in [2.24, 2.45) is 0 Å². The van der Waals surface area contributed by atoms with Gasteiger partial charge in [0.15, 0.2) is 5.15 Å². The number of hydrogen-bond acceptors (Lipinski definition) is 3. The maximum absolute atomic E-state index is 11.3. The smallest absolute Gasteiger partial charge is 0.278 e. The first-order chi connectivity index (χ1) is 6.02. The van der Waals surface area contributed by atoms with Crippen molar-refractivity contribution in [1.82, 2.24) is 9.55 Å². The zero-order valence-electron chi connectivity index (χ0n) is 6.63. The highest BCUT2D eigenvalue weighted by atomic mass is 35.5. The monoisotopic (exact) mass is 219 g/mol. The van der Waals surface area contributed by atoms with Crippen LogP contribution in [-0.2, 0) is 6.54 Å². The van der Waals surface area contributed by atoms with E-state index in [1.807, 2.05) is 0 Å². The van der Waals surface area contributed by atoms with Gasteiger partial charge in [-0.05, 0) is 0 Å². The normalized spacial score (nSPS) is 10.0. The van der Waals surface area contributed by atoms with Gasteiger partial charge in [0.1, 0.15) is 5.69 Å². The van der Waals surface area contributed by atoms with Gasteiger partial charge < -0.3 is 5.73 Å². The van der Waals surface area contributed by atoms with Gasteiger partial charge in [0, 0.05) is 5.03 Å². The fraction of sp³-hybridized carbons (Fsp3) is 0.143. The summed E-state index contributed by atoms with van der Waals surface area (Å²) >= 11 is 11.0. The van der Waals surface area contributed by atoms with E-state index in [9.17, 15) is 4.79 Å². The molecule has 2 N–H and O–H groups in total. The minimum Gasteiger partial charge on any atom is -0.392 e. The lowest BCUT2D eigenvalue weighted by molar-refractivity contribution is 0.750. The summed E-state index contributed by atoms with van der Waals surface area (Å²) in [6.07, 6.45) is 1.27. The van der Waals surface area contributed by atoms with Crippen LogP contribution in [0.15, 0.2) is 22.7 Å². The number of nitrogen functional groups attached to an aromatic ring is 1. The molecule has 0 fully saturated rings. The van der Waals surface area contributed by atoms with Crippen LogP contribution in [-0.4, -0.2) is 9.55 Å². The van der Waals surface area contributed by atoms with E-state index >= 15 is 0 Å². The van der Waals surface area contributed by atoms with Crippen molar-refractivity contribution in [2.75, 3.05) is 5.73 Å². The molecule has 0 aliphatic heterocycles. The Kier molecular flexibility index (Phi) is 2.95. The van der Waals surface area contributed by atoms with Crippen molar-refractivity contribution >= 4 is 28.9 Å². The van der Waals surface area contributed by atoms with E-state index in [1.165, 1.54) is 10.9 Å². The number of hydrogen-bond donors (Lipinski definition) is 1. The Morgan fingerprint density at radius 2 is 2.38 bits per heavy atom. The van der Waals surface area contributed by atoms with Gasteiger partial charge in [0.05, 0.1) is 12.9 Å². The predicted molar refractivity (Wildman–Crippen MR) is 52.9 cm³/mol. The van der Waals surface area contributed by atoms with Crippen LogP contribution < -0.4 is 11.3 Å². The van der Waals surface area contributed by atoms with Gasteiger partial charge in [-0.25, -0.2) is 4.98 Å². The number of allylic oxidation sites excluding steroid dienone is 1. The van der Waals surface area contributed by atoms with Gasteiger partial charge >= 0.3 is 0 Å². The van der Waals surface area contributed by atoms with E-state index in [0.29, 0.717) is 5.03 Å². The average molecular weight is 220 g/mol. The molecule has 0 amide bonds. The molecule has 1 aromatic rings. The molecule has 4 nitrogen and oxygen atoms in total. The Hall–Kier alpha value is -1.00. The van der Waals surface area contributed by atoms with Crippen LogP contribution in [0.3, 0.4) is 0 Å². The Labute approximate surface area is 84.6 Å². The lowest BCUT2D eigenvalue weighted by Crippen LogP contribution is -2.23. The summed E-state index contributed by atoms with van der Waals surface area (Å²) in [6, 6.07) is 0. The third kappa shape index (κ3) is 2.23. The molecule has 13 heavy (non-hydrogen) atoms. The highest BCUT2D eigenvalue weighted by molar-refractivity contribution is 6.31. The van der Waals surface area contributed by atoms with Crippen molar-refractivity contribution in [3.05, 3.63) is 33.4 Å². The molecule has 0 radical (unpaired) electrons. The first-order valence-corrected chi connectivity index (χ1v) is 4.11. The molecule has 0 aromatic carbocycles. The molecule has 0 saturated heterocycles. The van der Waals surface area contributed by atoms with Crippen LogP contribution in [0.4, 0.5) is 5.69 Å². The van der Waals surface area contributed by atoms with Gasteiger partial charge in [0.2, 0.25) is 0 Å². The molecular weight excluding hydrogens is 213 g/mol. The van der Waals surface area contributed by atoms with Gasteiger partial charge in [-0.1, -0.05) is 29.8 Å². The van der Waals surface area contributed by atoms with Crippen LogP contribution in [0.25, 0.3) is 0 Å². The van der Waals surface area contributed by atoms with Crippen molar-refractivity contribution < 1.29 is 0 Å². The summed E-state index contributed by atoms with van der Waals surface area (Å²) in [5, 5.41) is 0.326. The highest BCUT2D eigenvalue weighted by Crippen LogP contribution is 2.09. The molecule has 6 heteroatoms. The number of anilines is 1. The fourth-order valence-corrected chi connectivity index (χ4v) is 1.04. The largest absolute Gasteiger partial charge is 0.392 e. The molecule has 70 valence electrons. The molecule has 0 spiro atoms. The Bertz CT molecular complexity index is 399. The molecular formula is C7H7Cl2N3O. The summed E-state index contributed by atoms with van der Waals surface area (Å²) in [4.78, 5) is 15.0. The van der Waals surface area contributed by atoms with Crippen molar-refractivity contribution in [1.29, 1.82) is 0 Å². The minimum absolute atomic E-state index is 0.00133. The molecule has 0 atom stereocenters. The lowest BCUT2D eigenvalue weighted by atomic mass is 10.5. The Morgan fingerprint density at radius 3 is 2.92 bits per heavy atom. The van der Waals surface area contributed by atoms with Gasteiger partial charge in [-0.3, -0.25) is 9.36 Å². The first kappa shape index (κ1) is 10.1. The molecule has 0 bridgehead atoms. The molecule has 0 aliphatic carbocycles. The van der Waals surface area contributed by atoms with E-state index in [-0.39, 0.29) is 17.4 Å². The second-order valence-electron chi connectivity index (χ2n) is 2.40. The molecule has 0 saturated carbocycles. The predicted octanol–water partition coefficient (Wildman–Crippen LogP) is 1.23. The molecule has 1 heterocycles. The maximum Gasteiger partial charge on any atom is 0.278 e. The second-order valence-corrected chi connectivity index (χ2v) is 3.29. The van der Waals surface area contributed by atoms with Crippen molar-refractivity contribution in [3.8, 4) is 0 Å². The van der Waals surface area contributed by atoms with E-state index in [0.717, 1.165) is 0 Å². The quantitative estimate of drug-likeness (QED) is 0.762. The zero-order valence-corrected chi connectivity index (χ0v) is 8.14. The number of rotatable bonds is 2. The van der Waals surface area contributed by atoms with Gasteiger partial charge in [0.25, 0.3) is 5.56 Å². The summed E-state index contributed by atoms with van der Waals surface area (Å²) in [5.41, 5.74) is 4.86. The molecule has 1 aromatic heterocycles. The summed E-state index contributed by atoms with van der Waals surface area (Å²) < 4.78 is 1.23. The summed E-state index contributed by atoms with van der Waals surface area (Å²) in [7, 11) is 0. The summed E-state index contributed by atoms with van der Waals surface area (Å²) in [6.45, 7) is 3.62. The molecule has 0 aliphatic rings. The van der Waals surface area contributed by atoms with E-state index in [1.54, 1.807) is 0 Å². The lowest BCUT2D eigenvalue weighted by Gasteiger charge is -2.04. The van der Waals surface area contributed by atoms with Crippen LogP contribution >= 0.6 is 23.2 Å². The third-order valence-corrected chi connectivity index (χ3v) is 1.79.